The number of carbonyl (C=O) groups is 1. The average molecular weight is 368 g/mol. The number of amides is 1. The van der Waals surface area contributed by atoms with Crippen LogP contribution in [-0.2, 0) is 10.0 Å². The molecule has 1 fully saturated rings. The lowest BCUT2D eigenvalue weighted by atomic mass is 10.1. The summed E-state index contributed by atoms with van der Waals surface area (Å²) in [5.74, 6) is 0.386. The Morgan fingerprint density at radius 2 is 1.92 bits per heavy atom. The highest BCUT2D eigenvalue weighted by atomic mass is 32.2. The molecule has 0 aliphatic heterocycles. The molecule has 1 saturated carbocycles. The van der Waals surface area contributed by atoms with E-state index in [1.54, 1.807) is 35.7 Å². The van der Waals surface area contributed by atoms with Crippen LogP contribution in [0, 0.1) is 0 Å². The molecule has 0 radical (unpaired) electrons. The van der Waals surface area contributed by atoms with Gasteiger partial charge in [-0.05, 0) is 31.0 Å². The maximum atomic E-state index is 12.2. The minimum atomic E-state index is -3.29. The van der Waals surface area contributed by atoms with E-state index in [0.717, 1.165) is 25.7 Å². The second-order valence-electron chi connectivity index (χ2n) is 6.51. The van der Waals surface area contributed by atoms with E-state index < -0.39 is 10.0 Å². The van der Waals surface area contributed by atoms with E-state index in [9.17, 15) is 13.2 Å². The molecule has 140 valence electrons. The largest absolute Gasteiger partial charge is 0.497 e. The van der Waals surface area contributed by atoms with E-state index in [2.05, 4.69) is 5.32 Å². The number of hydrogen-bond donors (Lipinski definition) is 1. The number of hydrogen-bond acceptors (Lipinski definition) is 4. The van der Waals surface area contributed by atoms with Crippen LogP contribution in [0.1, 0.15) is 48.9 Å². The van der Waals surface area contributed by atoms with Crippen LogP contribution in [0.5, 0.6) is 5.75 Å². The van der Waals surface area contributed by atoms with Crippen molar-refractivity contribution in [3.8, 4) is 5.75 Å². The normalized spacial score (nSPS) is 16.4. The Morgan fingerprint density at radius 3 is 2.52 bits per heavy atom. The third kappa shape index (κ3) is 6.01. The van der Waals surface area contributed by atoms with Crippen LogP contribution in [0.3, 0.4) is 0 Å². The number of rotatable bonds is 7. The highest BCUT2D eigenvalue weighted by Crippen LogP contribution is 2.23. The van der Waals surface area contributed by atoms with Crippen LogP contribution in [-0.4, -0.2) is 51.1 Å². The Morgan fingerprint density at radius 1 is 1.24 bits per heavy atom. The third-order valence-electron chi connectivity index (χ3n) is 4.61. The minimum absolute atomic E-state index is 0.0474. The molecule has 0 atom stereocenters. The zero-order valence-corrected chi connectivity index (χ0v) is 15.8. The number of ether oxygens (including phenoxy) is 1. The van der Waals surface area contributed by atoms with E-state index in [1.807, 2.05) is 0 Å². The fourth-order valence-corrected chi connectivity index (χ4v) is 4.49. The number of nitrogens with one attached hydrogen (secondary N) is 1. The fourth-order valence-electron chi connectivity index (χ4n) is 3.31. The standard InChI is InChI=1S/C18H28N2O4S/c1-24-17-11-7-8-15(14-17)18(21)19-12-13-20(25(2,22)23)16-9-5-3-4-6-10-16/h7-8,11,14,16H,3-6,9-10,12-13H2,1-2H3,(H,19,21). The Kier molecular flexibility index (Phi) is 7.25. The maximum Gasteiger partial charge on any atom is 0.251 e. The van der Waals surface area contributed by atoms with Crippen molar-refractivity contribution >= 4 is 15.9 Å². The number of sulfonamides is 1. The molecule has 1 aliphatic carbocycles. The minimum Gasteiger partial charge on any atom is -0.497 e. The quantitative estimate of drug-likeness (QED) is 0.750. The van der Waals surface area contributed by atoms with Crippen molar-refractivity contribution in [1.29, 1.82) is 0 Å². The van der Waals surface area contributed by atoms with E-state index in [4.69, 9.17) is 4.74 Å². The smallest absolute Gasteiger partial charge is 0.251 e. The van der Waals surface area contributed by atoms with E-state index in [1.165, 1.54) is 19.1 Å². The molecule has 0 heterocycles. The van der Waals surface area contributed by atoms with Crippen LogP contribution >= 0.6 is 0 Å². The summed E-state index contributed by atoms with van der Waals surface area (Å²) < 4.78 is 31.0. The van der Waals surface area contributed by atoms with E-state index in [0.29, 0.717) is 24.4 Å². The summed E-state index contributed by atoms with van der Waals surface area (Å²) in [5.41, 5.74) is 0.500. The second-order valence-corrected chi connectivity index (χ2v) is 8.44. The Balaban J connectivity index is 1.94. The molecule has 1 N–H and O–H groups in total. The summed E-state index contributed by atoms with van der Waals surface area (Å²) in [7, 11) is -1.74. The Bertz CT molecular complexity index is 667. The van der Waals surface area contributed by atoms with Gasteiger partial charge in [0, 0.05) is 24.7 Å². The van der Waals surface area contributed by atoms with Crippen LogP contribution in [0.4, 0.5) is 0 Å². The van der Waals surface area contributed by atoms with Crippen molar-refractivity contribution in [1.82, 2.24) is 9.62 Å². The first-order chi connectivity index (χ1) is 11.9. The molecule has 1 aromatic carbocycles. The number of methoxy groups -OCH3 is 1. The van der Waals surface area contributed by atoms with Gasteiger partial charge in [0.15, 0.2) is 0 Å². The van der Waals surface area contributed by atoms with Gasteiger partial charge in [0.2, 0.25) is 10.0 Å². The first kappa shape index (κ1) is 19.7. The first-order valence-corrected chi connectivity index (χ1v) is 10.7. The van der Waals surface area contributed by atoms with Crippen LogP contribution < -0.4 is 10.1 Å². The van der Waals surface area contributed by atoms with Gasteiger partial charge in [-0.1, -0.05) is 31.7 Å². The molecule has 25 heavy (non-hydrogen) atoms. The molecule has 0 spiro atoms. The van der Waals surface area contributed by atoms with Crippen molar-refractivity contribution in [2.24, 2.45) is 0 Å². The molecule has 0 saturated heterocycles. The summed E-state index contributed by atoms with van der Waals surface area (Å²) in [6.45, 7) is 0.596. The lowest BCUT2D eigenvalue weighted by Gasteiger charge is -2.29. The third-order valence-corrected chi connectivity index (χ3v) is 5.94. The van der Waals surface area contributed by atoms with E-state index >= 15 is 0 Å². The highest BCUT2D eigenvalue weighted by Gasteiger charge is 2.27. The number of nitrogens with zero attached hydrogens (tertiary/aromatic N) is 1. The topological polar surface area (TPSA) is 75.7 Å². The van der Waals surface area contributed by atoms with Crippen molar-refractivity contribution in [3.05, 3.63) is 29.8 Å². The van der Waals surface area contributed by atoms with Crippen molar-refractivity contribution in [2.45, 2.75) is 44.6 Å². The molecule has 6 nitrogen and oxygen atoms in total. The van der Waals surface area contributed by atoms with Gasteiger partial charge in [0.1, 0.15) is 5.75 Å². The SMILES string of the molecule is COc1cccc(C(=O)NCCN(C2CCCCCC2)S(C)(=O)=O)c1. The number of benzene rings is 1. The molecule has 1 amide bonds. The molecule has 1 aliphatic rings. The van der Waals surface area contributed by atoms with Gasteiger partial charge in [-0.2, -0.15) is 4.31 Å². The Hall–Kier alpha value is -1.60. The monoisotopic (exact) mass is 368 g/mol. The van der Waals surface area contributed by atoms with Gasteiger partial charge >= 0.3 is 0 Å². The second kappa shape index (κ2) is 9.20. The molecule has 0 aromatic heterocycles. The summed E-state index contributed by atoms with van der Waals surface area (Å²) >= 11 is 0. The molecule has 2 rings (SSSR count). The van der Waals surface area contributed by atoms with Gasteiger partial charge in [0.05, 0.1) is 13.4 Å². The van der Waals surface area contributed by atoms with Gasteiger partial charge in [-0.15, -0.1) is 0 Å². The summed E-state index contributed by atoms with van der Waals surface area (Å²) in [4.78, 5) is 12.2. The summed E-state index contributed by atoms with van der Waals surface area (Å²) in [6, 6.07) is 6.94. The summed E-state index contributed by atoms with van der Waals surface area (Å²) in [5, 5.41) is 2.81. The molecule has 7 heteroatoms. The van der Waals surface area contributed by atoms with Gasteiger partial charge < -0.3 is 10.1 Å². The molecular weight excluding hydrogens is 340 g/mol. The van der Waals surface area contributed by atoms with Crippen molar-refractivity contribution in [2.75, 3.05) is 26.5 Å². The molecule has 1 aromatic rings. The van der Waals surface area contributed by atoms with E-state index in [-0.39, 0.29) is 11.9 Å². The van der Waals surface area contributed by atoms with Gasteiger partial charge in [-0.3, -0.25) is 4.79 Å². The van der Waals surface area contributed by atoms with Gasteiger partial charge in [0.25, 0.3) is 5.91 Å². The highest BCUT2D eigenvalue weighted by molar-refractivity contribution is 7.88. The lowest BCUT2D eigenvalue weighted by Crippen LogP contribution is -2.44. The maximum absolute atomic E-state index is 12.2. The van der Waals surface area contributed by atoms with Gasteiger partial charge in [-0.25, -0.2) is 8.42 Å². The summed E-state index contributed by atoms with van der Waals surface area (Å²) in [6.07, 6.45) is 7.51. The van der Waals surface area contributed by atoms with Crippen LogP contribution in [0.2, 0.25) is 0 Å². The molecular formula is C18H28N2O4S. The Labute approximate surface area is 150 Å². The van der Waals surface area contributed by atoms with Crippen LogP contribution in [0.15, 0.2) is 24.3 Å². The zero-order chi connectivity index (χ0) is 18.3. The van der Waals surface area contributed by atoms with Crippen molar-refractivity contribution in [3.63, 3.8) is 0 Å². The molecule has 0 bridgehead atoms. The zero-order valence-electron chi connectivity index (χ0n) is 15.0. The van der Waals surface area contributed by atoms with Crippen LogP contribution in [0.25, 0.3) is 0 Å². The predicted octanol–water partition coefficient (Wildman–Crippen LogP) is 2.41. The predicted molar refractivity (Wildman–Crippen MR) is 98.4 cm³/mol. The first-order valence-electron chi connectivity index (χ1n) is 8.81. The van der Waals surface area contributed by atoms with Crippen molar-refractivity contribution < 1.29 is 17.9 Å². The number of carbonyl (C=O) groups excluding carboxylic acids is 1. The lowest BCUT2D eigenvalue weighted by molar-refractivity contribution is 0.0949. The molecule has 0 unspecified atom stereocenters. The fraction of sp³-hybridized carbons (Fsp3) is 0.611. The average Bonchev–Trinajstić information content (AvgIpc) is 2.86.